The van der Waals surface area contributed by atoms with Crippen LogP contribution in [0.1, 0.15) is 31.1 Å². The van der Waals surface area contributed by atoms with Crippen molar-refractivity contribution in [3.05, 3.63) is 29.8 Å². The van der Waals surface area contributed by atoms with E-state index in [1.807, 2.05) is 20.8 Å². The summed E-state index contributed by atoms with van der Waals surface area (Å²) in [4.78, 5) is 24.1. The molecule has 1 aromatic rings. The van der Waals surface area contributed by atoms with Crippen LogP contribution in [0.3, 0.4) is 0 Å². The fraction of sp³-hybridized carbons (Fsp3) is 0.467. The second kappa shape index (κ2) is 9.37. The first kappa shape index (κ1) is 19.4. The number of nitrogens with one attached hydrogen (secondary N) is 3. The van der Waals surface area contributed by atoms with E-state index in [0.717, 1.165) is 0 Å². The molecule has 0 aliphatic heterocycles. The van der Waals surface area contributed by atoms with Crippen LogP contribution in [0.2, 0.25) is 0 Å². The fourth-order valence-electron chi connectivity index (χ4n) is 1.78. The number of anilines is 1. The largest absolute Gasteiger partial charge is 0.350 e. The van der Waals surface area contributed by atoms with Gasteiger partial charge in [0.05, 0.1) is 11.3 Å². The van der Waals surface area contributed by atoms with Gasteiger partial charge in [0, 0.05) is 18.5 Å². The van der Waals surface area contributed by atoms with Crippen molar-refractivity contribution < 1.29 is 9.59 Å². The number of amides is 2. The third kappa shape index (κ3) is 6.14. The SMILES string of the molecule is CNCC(C)C(=O)Nc1ccccc1C(=O)NC(C)C.Cl. The molecule has 1 unspecified atom stereocenters. The van der Waals surface area contributed by atoms with Crippen LogP contribution >= 0.6 is 12.4 Å². The van der Waals surface area contributed by atoms with Crippen LogP contribution in [-0.4, -0.2) is 31.4 Å². The maximum Gasteiger partial charge on any atom is 0.253 e. The fourth-order valence-corrected chi connectivity index (χ4v) is 1.78. The molecule has 21 heavy (non-hydrogen) atoms. The molecule has 118 valence electrons. The third-order valence-electron chi connectivity index (χ3n) is 2.81. The lowest BCUT2D eigenvalue weighted by atomic mass is 10.1. The van der Waals surface area contributed by atoms with Gasteiger partial charge in [0.25, 0.3) is 5.91 Å². The Hall–Kier alpha value is -1.59. The Bertz CT molecular complexity index is 478. The number of halogens is 1. The number of hydrogen-bond acceptors (Lipinski definition) is 3. The molecule has 5 nitrogen and oxygen atoms in total. The lowest BCUT2D eigenvalue weighted by Gasteiger charge is -2.15. The smallest absolute Gasteiger partial charge is 0.253 e. The summed E-state index contributed by atoms with van der Waals surface area (Å²) < 4.78 is 0. The van der Waals surface area contributed by atoms with E-state index < -0.39 is 0 Å². The molecule has 6 heteroatoms. The van der Waals surface area contributed by atoms with Crippen molar-refractivity contribution >= 4 is 29.9 Å². The molecule has 2 amide bonds. The molecule has 0 aliphatic carbocycles. The summed E-state index contributed by atoms with van der Waals surface area (Å²) in [5, 5.41) is 8.59. The van der Waals surface area contributed by atoms with Gasteiger partial charge in [-0.2, -0.15) is 0 Å². The first-order valence-corrected chi connectivity index (χ1v) is 6.81. The zero-order valence-corrected chi connectivity index (χ0v) is 13.7. The van der Waals surface area contributed by atoms with Gasteiger partial charge in [-0.3, -0.25) is 9.59 Å². The maximum absolute atomic E-state index is 12.1. The first-order valence-electron chi connectivity index (χ1n) is 6.81. The Morgan fingerprint density at radius 2 is 1.76 bits per heavy atom. The number of para-hydroxylation sites is 1. The summed E-state index contributed by atoms with van der Waals surface area (Å²) in [6, 6.07) is 7.07. The maximum atomic E-state index is 12.1. The molecule has 3 N–H and O–H groups in total. The lowest BCUT2D eigenvalue weighted by molar-refractivity contribution is -0.119. The number of rotatable bonds is 6. The van der Waals surface area contributed by atoms with Crippen LogP contribution in [0, 0.1) is 5.92 Å². The molecule has 1 atom stereocenters. The van der Waals surface area contributed by atoms with Crippen LogP contribution < -0.4 is 16.0 Å². The summed E-state index contributed by atoms with van der Waals surface area (Å²) in [6.07, 6.45) is 0. The second-order valence-electron chi connectivity index (χ2n) is 5.12. The highest BCUT2D eigenvalue weighted by atomic mass is 35.5. The summed E-state index contributed by atoms with van der Waals surface area (Å²) in [5.74, 6) is -0.456. The minimum absolute atomic E-state index is 0. The summed E-state index contributed by atoms with van der Waals surface area (Å²) in [5.41, 5.74) is 1.02. The monoisotopic (exact) mass is 313 g/mol. The van der Waals surface area contributed by atoms with E-state index in [0.29, 0.717) is 17.8 Å². The summed E-state index contributed by atoms with van der Waals surface area (Å²) >= 11 is 0. The van der Waals surface area contributed by atoms with Gasteiger partial charge >= 0.3 is 0 Å². The van der Waals surface area contributed by atoms with E-state index in [-0.39, 0.29) is 36.2 Å². The highest BCUT2D eigenvalue weighted by molar-refractivity contribution is 6.04. The minimum Gasteiger partial charge on any atom is -0.350 e. The van der Waals surface area contributed by atoms with Gasteiger partial charge in [0.2, 0.25) is 5.91 Å². The predicted octanol–water partition coefficient (Wildman–Crippen LogP) is 2.04. The first-order chi connectivity index (χ1) is 9.45. The number of carbonyl (C=O) groups is 2. The molecule has 1 aromatic carbocycles. The van der Waals surface area contributed by atoms with Crippen LogP contribution in [0.4, 0.5) is 5.69 Å². The predicted molar refractivity (Wildman–Crippen MR) is 88.0 cm³/mol. The highest BCUT2D eigenvalue weighted by Crippen LogP contribution is 2.16. The average Bonchev–Trinajstić information content (AvgIpc) is 2.38. The topological polar surface area (TPSA) is 70.2 Å². The zero-order chi connectivity index (χ0) is 15.1. The second-order valence-corrected chi connectivity index (χ2v) is 5.12. The van der Waals surface area contributed by atoms with Gasteiger partial charge in [0.1, 0.15) is 0 Å². The Morgan fingerprint density at radius 3 is 2.33 bits per heavy atom. The Labute approximate surface area is 132 Å². The third-order valence-corrected chi connectivity index (χ3v) is 2.81. The number of hydrogen-bond donors (Lipinski definition) is 3. The molecule has 0 spiro atoms. The molecule has 0 bridgehead atoms. The van der Waals surface area contributed by atoms with Gasteiger partial charge in [-0.05, 0) is 33.0 Å². The van der Waals surface area contributed by atoms with E-state index in [1.54, 1.807) is 31.3 Å². The van der Waals surface area contributed by atoms with E-state index >= 15 is 0 Å². The number of carbonyl (C=O) groups excluding carboxylic acids is 2. The Morgan fingerprint density at radius 1 is 1.14 bits per heavy atom. The summed E-state index contributed by atoms with van der Waals surface area (Å²) in [7, 11) is 1.80. The van der Waals surface area contributed by atoms with Crippen LogP contribution in [0.25, 0.3) is 0 Å². The number of benzene rings is 1. The van der Waals surface area contributed by atoms with Gasteiger partial charge in [0.15, 0.2) is 0 Å². The molecule has 1 rings (SSSR count). The molecular formula is C15H24ClN3O2. The average molecular weight is 314 g/mol. The molecular weight excluding hydrogens is 290 g/mol. The van der Waals surface area contributed by atoms with Gasteiger partial charge < -0.3 is 16.0 Å². The van der Waals surface area contributed by atoms with Gasteiger partial charge in [-0.15, -0.1) is 12.4 Å². The Kier molecular flexibility index (Phi) is 8.66. The van der Waals surface area contributed by atoms with E-state index in [1.165, 1.54) is 0 Å². The summed E-state index contributed by atoms with van der Waals surface area (Å²) in [6.45, 7) is 6.22. The van der Waals surface area contributed by atoms with E-state index in [4.69, 9.17) is 0 Å². The zero-order valence-electron chi connectivity index (χ0n) is 12.9. The molecule has 0 aliphatic rings. The Balaban J connectivity index is 0.00000400. The van der Waals surface area contributed by atoms with Crippen molar-refractivity contribution in [3.63, 3.8) is 0 Å². The van der Waals surface area contributed by atoms with Crippen LogP contribution in [0.5, 0.6) is 0 Å². The molecule has 0 heterocycles. The molecule has 0 saturated heterocycles. The van der Waals surface area contributed by atoms with Crippen molar-refractivity contribution in [2.24, 2.45) is 5.92 Å². The van der Waals surface area contributed by atoms with Crippen molar-refractivity contribution in [3.8, 4) is 0 Å². The normalized spacial score (nSPS) is 11.5. The van der Waals surface area contributed by atoms with E-state index in [2.05, 4.69) is 16.0 Å². The quantitative estimate of drug-likeness (QED) is 0.752. The minimum atomic E-state index is -0.183. The van der Waals surface area contributed by atoms with Crippen molar-refractivity contribution in [1.82, 2.24) is 10.6 Å². The van der Waals surface area contributed by atoms with E-state index in [9.17, 15) is 9.59 Å². The van der Waals surface area contributed by atoms with Crippen LogP contribution in [-0.2, 0) is 4.79 Å². The van der Waals surface area contributed by atoms with Gasteiger partial charge in [-0.1, -0.05) is 19.1 Å². The van der Waals surface area contributed by atoms with Crippen LogP contribution in [0.15, 0.2) is 24.3 Å². The molecule has 0 aromatic heterocycles. The molecule has 0 saturated carbocycles. The molecule has 0 fully saturated rings. The van der Waals surface area contributed by atoms with Crippen molar-refractivity contribution in [1.29, 1.82) is 0 Å². The standard InChI is InChI=1S/C15H23N3O2.ClH/c1-10(2)17-15(20)12-7-5-6-8-13(12)18-14(19)11(3)9-16-4;/h5-8,10-11,16H,9H2,1-4H3,(H,17,20)(H,18,19);1H. The molecule has 0 radical (unpaired) electrons. The van der Waals surface area contributed by atoms with Crippen molar-refractivity contribution in [2.45, 2.75) is 26.8 Å². The lowest BCUT2D eigenvalue weighted by Crippen LogP contribution is -2.32. The van der Waals surface area contributed by atoms with Gasteiger partial charge in [-0.25, -0.2) is 0 Å². The highest BCUT2D eigenvalue weighted by Gasteiger charge is 2.16. The van der Waals surface area contributed by atoms with Crippen molar-refractivity contribution in [2.75, 3.05) is 18.9 Å².